The molecule has 0 radical (unpaired) electrons. The van der Waals surface area contributed by atoms with Crippen molar-refractivity contribution in [2.45, 2.75) is 0 Å². The smallest absolute Gasteiger partial charge is 0.285 e. The van der Waals surface area contributed by atoms with Gasteiger partial charge in [-0.05, 0) is 60.3 Å². The molecule has 3 rings (SSSR count). The first-order valence-corrected chi connectivity index (χ1v) is 9.09. The van der Waals surface area contributed by atoms with E-state index in [0.717, 1.165) is 21.2 Å². The number of phenols is 1. The maximum Gasteiger partial charge on any atom is 0.285 e. The van der Waals surface area contributed by atoms with E-state index in [9.17, 15) is 14.7 Å². The second kappa shape index (κ2) is 7.38. The van der Waals surface area contributed by atoms with Crippen molar-refractivity contribution in [2.75, 3.05) is 0 Å². The highest BCUT2D eigenvalue weighted by Gasteiger charge is 2.33. The highest BCUT2D eigenvalue weighted by molar-refractivity contribution is 9.10. The summed E-state index contributed by atoms with van der Waals surface area (Å²) in [4.78, 5) is 25.1. The predicted octanol–water partition coefficient (Wildman–Crippen LogP) is 3.70. The molecule has 0 aromatic heterocycles. The highest BCUT2D eigenvalue weighted by Crippen LogP contribution is 2.31. The van der Waals surface area contributed by atoms with E-state index in [1.165, 1.54) is 6.07 Å². The van der Waals surface area contributed by atoms with Crippen molar-refractivity contribution in [1.82, 2.24) is 10.4 Å². The van der Waals surface area contributed by atoms with Crippen LogP contribution in [0.2, 0.25) is 0 Å². The Hall–Kier alpha value is -2.16. The standard InChI is InChI=1S/C17H11BrN2O3S2/c18-12-6-4-11(5-7-12)15(22)19-20-16(23)14(25-17(20)24)9-10-2-1-3-13(21)8-10/h1-9,21H,(H,19,22). The molecule has 1 fully saturated rings. The summed E-state index contributed by atoms with van der Waals surface area (Å²) >= 11 is 9.57. The van der Waals surface area contributed by atoms with Crippen molar-refractivity contribution < 1.29 is 14.7 Å². The summed E-state index contributed by atoms with van der Waals surface area (Å²) in [7, 11) is 0. The lowest BCUT2D eigenvalue weighted by molar-refractivity contribution is -0.123. The van der Waals surface area contributed by atoms with Gasteiger partial charge in [-0.3, -0.25) is 15.0 Å². The van der Waals surface area contributed by atoms with Gasteiger partial charge in [-0.1, -0.05) is 39.8 Å². The molecule has 1 aliphatic heterocycles. The van der Waals surface area contributed by atoms with Gasteiger partial charge in [-0.15, -0.1) is 0 Å². The van der Waals surface area contributed by atoms with E-state index in [-0.39, 0.29) is 10.1 Å². The number of hydrazine groups is 1. The lowest BCUT2D eigenvalue weighted by atomic mass is 10.2. The van der Waals surface area contributed by atoms with E-state index in [0.29, 0.717) is 16.0 Å². The Bertz CT molecular complexity index is 897. The molecule has 0 saturated carbocycles. The number of carbonyl (C=O) groups excluding carboxylic acids is 2. The number of thioether (sulfide) groups is 1. The molecule has 0 aliphatic carbocycles. The number of benzene rings is 2. The fourth-order valence-corrected chi connectivity index (χ4v) is 3.54. The molecule has 5 nitrogen and oxygen atoms in total. The van der Waals surface area contributed by atoms with Crippen molar-refractivity contribution in [2.24, 2.45) is 0 Å². The van der Waals surface area contributed by atoms with Crippen molar-refractivity contribution in [3.8, 4) is 5.75 Å². The Labute approximate surface area is 161 Å². The zero-order chi connectivity index (χ0) is 18.0. The Morgan fingerprint density at radius 3 is 2.64 bits per heavy atom. The fourth-order valence-electron chi connectivity index (χ4n) is 2.10. The number of aromatic hydroxyl groups is 1. The van der Waals surface area contributed by atoms with E-state index >= 15 is 0 Å². The minimum absolute atomic E-state index is 0.104. The third-order valence-corrected chi connectivity index (χ3v) is 5.11. The predicted molar refractivity (Wildman–Crippen MR) is 105 cm³/mol. The van der Waals surface area contributed by atoms with Gasteiger partial charge in [0.1, 0.15) is 5.75 Å². The maximum absolute atomic E-state index is 12.5. The number of hydrogen-bond donors (Lipinski definition) is 2. The largest absolute Gasteiger partial charge is 0.508 e. The van der Waals surface area contributed by atoms with Crippen molar-refractivity contribution in [3.05, 3.63) is 69.0 Å². The lowest BCUT2D eigenvalue weighted by Gasteiger charge is -2.15. The van der Waals surface area contributed by atoms with Crippen molar-refractivity contribution >= 4 is 62.1 Å². The summed E-state index contributed by atoms with van der Waals surface area (Å²) in [6, 6.07) is 13.3. The molecule has 126 valence electrons. The second-order valence-corrected chi connectivity index (χ2v) is 7.65. The number of halogens is 1. The molecule has 2 N–H and O–H groups in total. The number of phenolic OH excluding ortho intramolecular Hbond substituents is 1. The molecule has 2 aromatic carbocycles. The summed E-state index contributed by atoms with van der Waals surface area (Å²) in [6.45, 7) is 0. The molecule has 1 heterocycles. The summed E-state index contributed by atoms with van der Waals surface area (Å²) in [5.74, 6) is -0.737. The van der Waals surface area contributed by atoms with Gasteiger partial charge in [0, 0.05) is 10.0 Å². The number of nitrogens with zero attached hydrogens (tertiary/aromatic N) is 1. The lowest BCUT2D eigenvalue weighted by Crippen LogP contribution is -2.44. The van der Waals surface area contributed by atoms with E-state index in [1.54, 1.807) is 48.5 Å². The summed E-state index contributed by atoms with van der Waals surface area (Å²) in [5.41, 5.74) is 3.60. The molecular formula is C17H11BrN2O3S2. The minimum Gasteiger partial charge on any atom is -0.508 e. The van der Waals surface area contributed by atoms with Gasteiger partial charge in [0.25, 0.3) is 11.8 Å². The molecule has 8 heteroatoms. The van der Waals surface area contributed by atoms with Crippen molar-refractivity contribution in [3.63, 3.8) is 0 Å². The summed E-state index contributed by atoms with van der Waals surface area (Å²) in [5, 5.41) is 10.6. The van der Waals surface area contributed by atoms with E-state index in [4.69, 9.17) is 12.2 Å². The van der Waals surface area contributed by atoms with Gasteiger partial charge in [0.2, 0.25) is 0 Å². The van der Waals surface area contributed by atoms with Gasteiger partial charge < -0.3 is 5.11 Å². The molecule has 0 atom stereocenters. The normalized spacial score (nSPS) is 15.7. The number of nitrogens with one attached hydrogen (secondary N) is 1. The number of thiocarbonyl (C=S) groups is 1. The molecule has 0 bridgehead atoms. The molecule has 25 heavy (non-hydrogen) atoms. The highest BCUT2D eigenvalue weighted by atomic mass is 79.9. The Morgan fingerprint density at radius 2 is 1.96 bits per heavy atom. The fraction of sp³-hybridized carbons (Fsp3) is 0. The van der Waals surface area contributed by atoms with Gasteiger partial charge >= 0.3 is 0 Å². The second-order valence-electron chi connectivity index (χ2n) is 5.06. The quantitative estimate of drug-likeness (QED) is 0.569. The molecular weight excluding hydrogens is 424 g/mol. The Balaban J connectivity index is 1.77. The molecule has 1 aliphatic rings. The van der Waals surface area contributed by atoms with E-state index in [2.05, 4.69) is 21.4 Å². The number of carbonyl (C=O) groups is 2. The summed E-state index contributed by atoms with van der Waals surface area (Å²) < 4.78 is 1.09. The van der Waals surface area contributed by atoms with Crippen LogP contribution in [0.3, 0.4) is 0 Å². The minimum atomic E-state index is -0.428. The van der Waals surface area contributed by atoms with Crippen molar-refractivity contribution in [1.29, 1.82) is 0 Å². The van der Waals surface area contributed by atoms with Crippen LogP contribution in [-0.2, 0) is 4.79 Å². The first-order valence-electron chi connectivity index (χ1n) is 7.07. The first kappa shape index (κ1) is 17.7. The monoisotopic (exact) mass is 434 g/mol. The van der Waals surface area contributed by atoms with Crippen LogP contribution < -0.4 is 5.43 Å². The molecule has 0 spiro atoms. The van der Waals surface area contributed by atoms with Gasteiger partial charge in [0.15, 0.2) is 4.32 Å². The van der Waals surface area contributed by atoms with E-state index in [1.807, 2.05) is 0 Å². The first-order chi connectivity index (χ1) is 11.9. The van der Waals surface area contributed by atoms with Crippen LogP contribution >= 0.6 is 39.9 Å². The van der Waals surface area contributed by atoms with Crippen LogP contribution in [0.1, 0.15) is 15.9 Å². The topological polar surface area (TPSA) is 69.6 Å². The molecule has 1 saturated heterocycles. The number of hydrogen-bond acceptors (Lipinski definition) is 5. The van der Waals surface area contributed by atoms with E-state index < -0.39 is 11.8 Å². The van der Waals surface area contributed by atoms with Gasteiger partial charge in [-0.25, -0.2) is 0 Å². The van der Waals surface area contributed by atoms with Crippen LogP contribution in [0.15, 0.2) is 57.9 Å². The van der Waals surface area contributed by atoms with Crippen LogP contribution in [0.5, 0.6) is 5.75 Å². The zero-order valence-electron chi connectivity index (χ0n) is 12.6. The van der Waals surface area contributed by atoms with Crippen LogP contribution in [0.4, 0.5) is 0 Å². The number of amides is 2. The van der Waals surface area contributed by atoms with Crippen LogP contribution in [0, 0.1) is 0 Å². The zero-order valence-corrected chi connectivity index (χ0v) is 15.8. The SMILES string of the molecule is O=C(NN1C(=O)C(=Cc2cccc(O)c2)SC1=S)c1ccc(Br)cc1. The Morgan fingerprint density at radius 1 is 1.24 bits per heavy atom. The third kappa shape index (κ3) is 4.09. The van der Waals surface area contributed by atoms with Crippen LogP contribution in [0.25, 0.3) is 6.08 Å². The molecule has 2 amide bonds. The van der Waals surface area contributed by atoms with Gasteiger partial charge in [0.05, 0.1) is 4.91 Å². The van der Waals surface area contributed by atoms with Crippen LogP contribution in [-0.4, -0.2) is 26.3 Å². The molecule has 2 aromatic rings. The average molecular weight is 435 g/mol. The Kier molecular flexibility index (Phi) is 5.22. The molecule has 0 unspecified atom stereocenters. The summed E-state index contributed by atoms with van der Waals surface area (Å²) in [6.07, 6.45) is 1.62. The maximum atomic E-state index is 12.5. The van der Waals surface area contributed by atoms with Gasteiger partial charge in [-0.2, -0.15) is 5.01 Å². The average Bonchev–Trinajstić information content (AvgIpc) is 2.83. The number of rotatable bonds is 3. The third-order valence-electron chi connectivity index (χ3n) is 3.28.